The van der Waals surface area contributed by atoms with Crippen molar-refractivity contribution in [2.45, 2.75) is 45.6 Å². The molecule has 0 spiro atoms. The van der Waals surface area contributed by atoms with Gasteiger partial charge in [-0.15, -0.1) is 0 Å². The number of carbonyl (C=O) groups is 1. The van der Waals surface area contributed by atoms with Crippen LogP contribution in [0.2, 0.25) is 0 Å². The Morgan fingerprint density at radius 3 is 2.74 bits per heavy atom. The topological polar surface area (TPSA) is 76.6 Å². The van der Waals surface area contributed by atoms with Crippen LogP contribution in [0.25, 0.3) is 16.7 Å². The number of aromatic amines is 1. The summed E-state index contributed by atoms with van der Waals surface area (Å²) < 4.78 is 0. The molecule has 2 aromatic rings. The Morgan fingerprint density at radius 1 is 1.30 bits per heavy atom. The molecule has 27 heavy (non-hydrogen) atoms. The Labute approximate surface area is 159 Å². The summed E-state index contributed by atoms with van der Waals surface area (Å²) in [6.07, 6.45) is 7.63. The van der Waals surface area contributed by atoms with Gasteiger partial charge in [0.2, 0.25) is 5.91 Å². The minimum Gasteiger partial charge on any atom is -0.348 e. The van der Waals surface area contributed by atoms with Gasteiger partial charge in [-0.3, -0.25) is 14.7 Å². The van der Waals surface area contributed by atoms with Crippen LogP contribution in [0.15, 0.2) is 35.6 Å². The fourth-order valence-electron chi connectivity index (χ4n) is 4.38. The average Bonchev–Trinajstić information content (AvgIpc) is 3.05. The molecular formula is C20H26N6O. The maximum Gasteiger partial charge on any atom is 0.220 e. The van der Waals surface area contributed by atoms with Gasteiger partial charge in [-0.25, -0.2) is 4.98 Å². The third-order valence-electron chi connectivity index (χ3n) is 5.58. The predicted octanol–water partition coefficient (Wildman–Crippen LogP) is 2.19. The average molecular weight is 366 g/mol. The number of rotatable bonds is 2. The quantitative estimate of drug-likeness (QED) is 0.854. The molecule has 2 aliphatic rings. The van der Waals surface area contributed by atoms with Crippen LogP contribution in [0.4, 0.5) is 0 Å². The van der Waals surface area contributed by atoms with E-state index in [9.17, 15) is 4.79 Å². The Morgan fingerprint density at radius 2 is 2.04 bits per heavy atom. The van der Waals surface area contributed by atoms with Crippen molar-refractivity contribution in [3.05, 3.63) is 36.2 Å². The molecule has 142 valence electrons. The Bertz CT molecular complexity index is 919. The summed E-state index contributed by atoms with van der Waals surface area (Å²) in [6, 6.07) is 4.30. The first-order chi connectivity index (χ1) is 12.9. The summed E-state index contributed by atoms with van der Waals surface area (Å²) in [6.45, 7) is 9.48. The van der Waals surface area contributed by atoms with Gasteiger partial charge in [0.1, 0.15) is 5.65 Å². The lowest BCUT2D eigenvalue weighted by atomic mass is 10.0. The first-order valence-corrected chi connectivity index (χ1v) is 9.39. The smallest absolute Gasteiger partial charge is 0.220 e. The molecule has 0 saturated carbocycles. The van der Waals surface area contributed by atoms with E-state index in [1.807, 2.05) is 29.5 Å². The molecule has 0 bridgehead atoms. The third-order valence-corrected chi connectivity index (χ3v) is 5.58. The van der Waals surface area contributed by atoms with Crippen LogP contribution in [0.3, 0.4) is 0 Å². The van der Waals surface area contributed by atoms with Crippen molar-refractivity contribution < 1.29 is 4.79 Å². The van der Waals surface area contributed by atoms with Gasteiger partial charge in [0.05, 0.1) is 0 Å². The fraction of sp³-hybridized carbons (Fsp3) is 0.450. The van der Waals surface area contributed by atoms with Gasteiger partial charge in [0.15, 0.2) is 5.79 Å². The highest BCUT2D eigenvalue weighted by molar-refractivity contribution is 5.95. The van der Waals surface area contributed by atoms with Crippen molar-refractivity contribution in [3.8, 4) is 0 Å². The SMILES string of the molecule is CC(=O)N1[C@H](C)CN(C2(C)N=CC=C(c3c[nH]c4ncccc34)N2)C[C@@H]1C. The summed E-state index contributed by atoms with van der Waals surface area (Å²) in [4.78, 5) is 28.6. The van der Waals surface area contributed by atoms with Crippen molar-refractivity contribution in [1.82, 2.24) is 25.1 Å². The molecule has 1 amide bonds. The van der Waals surface area contributed by atoms with Gasteiger partial charge in [-0.2, -0.15) is 0 Å². The van der Waals surface area contributed by atoms with Crippen molar-refractivity contribution >= 4 is 28.9 Å². The van der Waals surface area contributed by atoms with E-state index in [-0.39, 0.29) is 18.0 Å². The van der Waals surface area contributed by atoms with Crippen LogP contribution in [0.5, 0.6) is 0 Å². The molecule has 1 fully saturated rings. The number of hydrogen-bond donors (Lipinski definition) is 2. The van der Waals surface area contributed by atoms with E-state index >= 15 is 0 Å². The van der Waals surface area contributed by atoms with Crippen molar-refractivity contribution in [2.24, 2.45) is 4.99 Å². The predicted molar refractivity (Wildman–Crippen MR) is 107 cm³/mol. The van der Waals surface area contributed by atoms with Gasteiger partial charge in [0.25, 0.3) is 0 Å². The van der Waals surface area contributed by atoms with Crippen LogP contribution < -0.4 is 5.32 Å². The number of H-pyrrole nitrogens is 1. The van der Waals surface area contributed by atoms with Crippen molar-refractivity contribution in [1.29, 1.82) is 0 Å². The van der Waals surface area contributed by atoms with Crippen LogP contribution in [-0.4, -0.2) is 62.8 Å². The van der Waals surface area contributed by atoms with Crippen molar-refractivity contribution in [2.75, 3.05) is 13.1 Å². The number of carbonyl (C=O) groups excluding carboxylic acids is 1. The molecule has 7 nitrogen and oxygen atoms in total. The summed E-state index contributed by atoms with van der Waals surface area (Å²) in [7, 11) is 0. The Kier molecular flexibility index (Phi) is 4.26. The normalized spacial score (nSPS) is 28.9. The zero-order valence-electron chi connectivity index (χ0n) is 16.2. The lowest BCUT2D eigenvalue weighted by Crippen LogP contribution is -2.66. The van der Waals surface area contributed by atoms with E-state index in [0.717, 1.165) is 35.4 Å². The van der Waals surface area contributed by atoms with Crippen LogP contribution in [0.1, 0.15) is 33.3 Å². The second-order valence-corrected chi connectivity index (χ2v) is 7.64. The van der Waals surface area contributed by atoms with E-state index in [0.29, 0.717) is 0 Å². The number of aliphatic imine (C=N–C) groups is 1. The van der Waals surface area contributed by atoms with Gasteiger partial charge >= 0.3 is 0 Å². The van der Waals surface area contributed by atoms with Crippen LogP contribution >= 0.6 is 0 Å². The second kappa shape index (κ2) is 6.49. The second-order valence-electron chi connectivity index (χ2n) is 7.64. The summed E-state index contributed by atoms with van der Waals surface area (Å²) in [5.74, 6) is -0.423. The first-order valence-electron chi connectivity index (χ1n) is 9.39. The maximum atomic E-state index is 12.0. The van der Waals surface area contributed by atoms with Crippen LogP contribution in [0, 0.1) is 0 Å². The molecular weight excluding hydrogens is 340 g/mol. The lowest BCUT2D eigenvalue weighted by Gasteiger charge is -2.50. The number of nitrogens with zero attached hydrogens (tertiary/aromatic N) is 4. The number of pyridine rings is 1. The standard InChI is InChI=1S/C20H26N6O/c1-13-11-25(12-14(2)26(13)15(3)27)20(4)23-9-7-18(24-20)17-10-22-19-16(17)6-5-8-21-19/h5-10,13-14,24H,11-12H2,1-4H3,(H,21,22)/t13-,14+,20?. The number of piperazine rings is 1. The van der Waals surface area contributed by atoms with Gasteiger partial charge in [-0.05, 0) is 39.0 Å². The number of fused-ring (bicyclic) bond motifs is 1. The Hall–Kier alpha value is -2.67. The molecule has 0 aliphatic carbocycles. The minimum atomic E-state index is -0.554. The fourth-order valence-corrected chi connectivity index (χ4v) is 4.38. The first kappa shape index (κ1) is 17.7. The van der Waals surface area contributed by atoms with E-state index in [2.05, 4.69) is 47.0 Å². The molecule has 2 aromatic heterocycles. The highest BCUT2D eigenvalue weighted by Gasteiger charge is 2.41. The monoisotopic (exact) mass is 366 g/mol. The number of hydrogen-bond acceptors (Lipinski definition) is 5. The van der Waals surface area contributed by atoms with Crippen LogP contribution in [-0.2, 0) is 4.79 Å². The number of nitrogens with one attached hydrogen (secondary N) is 2. The number of amides is 1. The zero-order valence-corrected chi connectivity index (χ0v) is 16.2. The van der Waals surface area contributed by atoms with Crippen molar-refractivity contribution in [3.63, 3.8) is 0 Å². The minimum absolute atomic E-state index is 0.131. The molecule has 4 rings (SSSR count). The molecule has 0 radical (unpaired) electrons. The van der Waals surface area contributed by atoms with Gasteiger partial charge in [-0.1, -0.05) is 0 Å². The van der Waals surface area contributed by atoms with E-state index in [1.54, 1.807) is 13.1 Å². The Balaban J connectivity index is 1.59. The molecule has 7 heteroatoms. The molecule has 2 aliphatic heterocycles. The number of aromatic nitrogens is 2. The summed E-state index contributed by atoms with van der Waals surface area (Å²) in [5, 5.41) is 4.70. The molecule has 1 saturated heterocycles. The molecule has 0 aromatic carbocycles. The maximum absolute atomic E-state index is 12.0. The van der Waals surface area contributed by atoms with E-state index < -0.39 is 5.79 Å². The molecule has 2 N–H and O–H groups in total. The molecule has 1 unspecified atom stereocenters. The number of allylic oxidation sites excluding steroid dienone is 1. The highest BCUT2D eigenvalue weighted by Crippen LogP contribution is 2.29. The third kappa shape index (κ3) is 3.02. The van der Waals surface area contributed by atoms with Gasteiger partial charge < -0.3 is 15.2 Å². The highest BCUT2D eigenvalue weighted by atomic mass is 16.2. The van der Waals surface area contributed by atoms with Gasteiger partial charge in [0, 0.05) is 67.4 Å². The van der Waals surface area contributed by atoms with E-state index in [1.165, 1.54) is 0 Å². The lowest BCUT2D eigenvalue weighted by molar-refractivity contribution is -0.138. The molecule has 4 heterocycles. The zero-order chi connectivity index (χ0) is 19.2. The molecule has 3 atom stereocenters. The summed E-state index contributed by atoms with van der Waals surface area (Å²) in [5.41, 5.74) is 2.97. The largest absolute Gasteiger partial charge is 0.348 e. The summed E-state index contributed by atoms with van der Waals surface area (Å²) >= 11 is 0. The van der Waals surface area contributed by atoms with E-state index in [4.69, 9.17) is 4.99 Å².